The molecule has 0 bridgehead atoms. The summed E-state index contributed by atoms with van der Waals surface area (Å²) in [5.74, 6) is 3.50. The number of rotatable bonds is 3. The molecule has 6 aliphatic rings. The van der Waals surface area contributed by atoms with Crippen molar-refractivity contribution in [2.45, 2.75) is 156 Å². The fourth-order valence-corrected chi connectivity index (χ4v) is 13.1. The van der Waals surface area contributed by atoms with E-state index in [1.807, 2.05) is 0 Å². The third-order valence-corrected chi connectivity index (χ3v) is 15.5. The van der Waals surface area contributed by atoms with Crippen molar-refractivity contribution >= 4 is 0 Å². The number of aliphatic hydroxyl groups excluding tert-OH is 3. The zero-order valence-electron chi connectivity index (χ0n) is 27.3. The van der Waals surface area contributed by atoms with E-state index in [2.05, 4.69) is 55.0 Å². The van der Waals surface area contributed by atoms with Crippen LogP contribution < -0.4 is 0 Å². The monoisotopic (exact) mass is 572 g/mol. The summed E-state index contributed by atoms with van der Waals surface area (Å²) in [6.07, 6.45) is 7.66. The Bertz CT molecular complexity index is 1030. The zero-order chi connectivity index (χ0) is 29.9. The van der Waals surface area contributed by atoms with Crippen molar-refractivity contribution in [3.8, 4) is 0 Å². The molecule has 234 valence electrons. The number of ether oxygens (including phenoxy) is 2. The fourth-order valence-electron chi connectivity index (χ4n) is 13.1. The first-order valence-corrected chi connectivity index (χ1v) is 17.0. The molecule has 0 aromatic heterocycles. The Balaban J connectivity index is 1.27. The maximum absolute atomic E-state index is 10.8. The topological polar surface area (TPSA) is 79.2 Å². The van der Waals surface area contributed by atoms with Gasteiger partial charge in [0.15, 0.2) is 6.29 Å². The molecule has 41 heavy (non-hydrogen) atoms. The molecule has 1 saturated heterocycles. The van der Waals surface area contributed by atoms with Crippen LogP contribution in [0.4, 0.5) is 0 Å². The number of hydrogen-bond donors (Lipinski definition) is 3. The smallest absolute Gasteiger partial charge is 0.183 e. The van der Waals surface area contributed by atoms with Crippen LogP contribution in [0.2, 0.25) is 0 Å². The van der Waals surface area contributed by atoms with Gasteiger partial charge in [0.05, 0.1) is 12.2 Å². The van der Waals surface area contributed by atoms with Gasteiger partial charge in [-0.25, -0.2) is 0 Å². The first kappa shape index (κ1) is 30.6. The molecule has 5 aliphatic carbocycles. The molecule has 5 nitrogen and oxygen atoms in total. The van der Waals surface area contributed by atoms with E-state index in [1.165, 1.54) is 56.9 Å². The van der Waals surface area contributed by atoms with Crippen LogP contribution in [0.15, 0.2) is 12.2 Å². The second kappa shape index (κ2) is 9.77. The molecule has 0 aromatic rings. The molecule has 0 spiro atoms. The summed E-state index contributed by atoms with van der Waals surface area (Å²) in [7, 11) is 0. The van der Waals surface area contributed by atoms with E-state index in [1.54, 1.807) is 6.92 Å². The lowest BCUT2D eigenvalue weighted by Gasteiger charge is -2.73. The summed E-state index contributed by atoms with van der Waals surface area (Å²) < 4.78 is 11.9. The Labute approximate surface area is 249 Å². The Kier molecular flexibility index (Phi) is 7.28. The van der Waals surface area contributed by atoms with Gasteiger partial charge in [0.25, 0.3) is 0 Å². The summed E-state index contributed by atoms with van der Waals surface area (Å²) in [5.41, 5.74) is 2.76. The maximum Gasteiger partial charge on any atom is 0.183 e. The first-order chi connectivity index (χ1) is 19.0. The largest absolute Gasteiger partial charge is 0.388 e. The lowest BCUT2D eigenvalue weighted by atomic mass is 9.32. The highest BCUT2D eigenvalue weighted by atomic mass is 16.6. The van der Waals surface area contributed by atoms with Crippen molar-refractivity contribution in [1.82, 2.24) is 0 Å². The number of hydrogen-bond acceptors (Lipinski definition) is 5. The molecule has 1 aliphatic heterocycles. The molecule has 0 aromatic carbocycles. The van der Waals surface area contributed by atoms with Gasteiger partial charge in [-0.05, 0) is 135 Å². The van der Waals surface area contributed by atoms with Gasteiger partial charge in [-0.1, -0.05) is 53.7 Å². The zero-order valence-corrected chi connectivity index (χ0v) is 27.3. The molecule has 6 fully saturated rings. The summed E-state index contributed by atoms with van der Waals surface area (Å²) >= 11 is 0. The van der Waals surface area contributed by atoms with E-state index in [4.69, 9.17) is 9.47 Å². The Morgan fingerprint density at radius 3 is 2.17 bits per heavy atom. The van der Waals surface area contributed by atoms with E-state index in [0.717, 1.165) is 24.7 Å². The molecule has 0 amide bonds. The third kappa shape index (κ3) is 4.10. The van der Waals surface area contributed by atoms with Gasteiger partial charge in [-0.2, -0.15) is 0 Å². The second-order valence-corrected chi connectivity index (χ2v) is 17.5. The average Bonchev–Trinajstić information content (AvgIpc) is 3.25. The van der Waals surface area contributed by atoms with E-state index in [0.29, 0.717) is 34.0 Å². The fraction of sp³-hybridized carbons (Fsp3) is 0.944. The average molecular weight is 573 g/mol. The predicted octanol–water partition coefficient (Wildman–Crippen LogP) is 6.88. The van der Waals surface area contributed by atoms with Gasteiger partial charge in [0, 0.05) is 0 Å². The van der Waals surface area contributed by atoms with Gasteiger partial charge in [-0.3, -0.25) is 0 Å². The lowest BCUT2D eigenvalue weighted by Crippen LogP contribution is -2.67. The van der Waals surface area contributed by atoms with Crippen molar-refractivity contribution in [3.63, 3.8) is 0 Å². The standard InChI is InChI=1S/C36H60O5/c1-20(2)22-12-15-33(6)18-19-35(8)23(27(22)33)10-11-25-34(7)16-14-26(32(4,5)24(34)13-17-36(25,35)9)41-30-28(37)21(3)40-31(39)29(30)38/h21-31,37-39H,1,10-19H2,2-9H3/t21-,22-,23+,24-,25+,26?,27+,28-,29+,30+,31?,33+,34-,35+,36+/m0/s1. The maximum atomic E-state index is 10.8. The molecule has 15 atom stereocenters. The minimum atomic E-state index is -1.33. The Morgan fingerprint density at radius 1 is 0.780 bits per heavy atom. The molecule has 5 saturated carbocycles. The van der Waals surface area contributed by atoms with Crippen molar-refractivity contribution in [2.75, 3.05) is 0 Å². The molecule has 0 radical (unpaired) electrons. The van der Waals surface area contributed by atoms with Crippen molar-refractivity contribution in [3.05, 3.63) is 12.2 Å². The van der Waals surface area contributed by atoms with Crippen LogP contribution in [0.1, 0.15) is 120 Å². The highest BCUT2D eigenvalue weighted by molar-refractivity contribution is 5.21. The normalized spacial score (nSPS) is 58.1. The molecular formula is C36H60O5. The summed E-state index contributed by atoms with van der Waals surface area (Å²) in [5, 5.41) is 31.8. The van der Waals surface area contributed by atoms with Crippen LogP contribution in [0.3, 0.4) is 0 Å². The van der Waals surface area contributed by atoms with Crippen LogP contribution in [0.25, 0.3) is 0 Å². The second-order valence-electron chi connectivity index (χ2n) is 17.5. The van der Waals surface area contributed by atoms with Crippen LogP contribution >= 0.6 is 0 Å². The van der Waals surface area contributed by atoms with E-state index < -0.39 is 30.7 Å². The van der Waals surface area contributed by atoms with E-state index in [9.17, 15) is 15.3 Å². The van der Waals surface area contributed by atoms with E-state index in [-0.39, 0.29) is 16.9 Å². The van der Waals surface area contributed by atoms with Gasteiger partial charge >= 0.3 is 0 Å². The Hall–Kier alpha value is -0.460. The van der Waals surface area contributed by atoms with Crippen molar-refractivity contribution < 1.29 is 24.8 Å². The predicted molar refractivity (Wildman–Crippen MR) is 162 cm³/mol. The molecule has 2 unspecified atom stereocenters. The van der Waals surface area contributed by atoms with Gasteiger partial charge in [0.1, 0.15) is 18.3 Å². The summed E-state index contributed by atoms with van der Waals surface area (Å²) in [6, 6.07) is 0. The van der Waals surface area contributed by atoms with Gasteiger partial charge in [0.2, 0.25) is 0 Å². The first-order valence-electron chi connectivity index (χ1n) is 17.0. The summed E-state index contributed by atoms with van der Waals surface area (Å²) in [4.78, 5) is 0. The lowest BCUT2D eigenvalue weighted by molar-refractivity contribution is -0.309. The van der Waals surface area contributed by atoms with Crippen LogP contribution in [0.5, 0.6) is 0 Å². The number of fused-ring (bicyclic) bond motifs is 7. The summed E-state index contributed by atoms with van der Waals surface area (Å²) in [6.45, 7) is 23.9. The van der Waals surface area contributed by atoms with Gasteiger partial charge in [-0.15, -0.1) is 0 Å². The van der Waals surface area contributed by atoms with Crippen molar-refractivity contribution in [2.24, 2.45) is 56.7 Å². The number of aliphatic hydroxyl groups is 3. The highest BCUT2D eigenvalue weighted by Gasteiger charge is 2.70. The van der Waals surface area contributed by atoms with Crippen LogP contribution in [0, 0.1) is 56.7 Å². The van der Waals surface area contributed by atoms with Gasteiger partial charge < -0.3 is 24.8 Å². The molecule has 1 heterocycles. The minimum Gasteiger partial charge on any atom is -0.388 e. The molecule has 6 rings (SSSR count). The van der Waals surface area contributed by atoms with E-state index >= 15 is 0 Å². The molecular weight excluding hydrogens is 512 g/mol. The molecule has 3 N–H and O–H groups in total. The molecule has 5 heteroatoms. The third-order valence-electron chi connectivity index (χ3n) is 15.5. The minimum absolute atomic E-state index is 0.0751. The van der Waals surface area contributed by atoms with Crippen LogP contribution in [-0.4, -0.2) is 52.1 Å². The number of allylic oxidation sites excluding steroid dienone is 1. The van der Waals surface area contributed by atoms with Crippen molar-refractivity contribution in [1.29, 1.82) is 0 Å². The van der Waals surface area contributed by atoms with Crippen LogP contribution in [-0.2, 0) is 9.47 Å². The SMILES string of the molecule is C=C(C)[C@@H]1CC[C@]2(C)CC[C@]3(C)[C@H](CC[C@@H]4[C@@]5(C)CCC(O[C@@H]6[C@@H](O)[C@H](C)OC(O)[C@@H]6O)C(C)(C)[C@@H]5CC[C@]43C)[C@@H]12. The highest BCUT2D eigenvalue weighted by Crippen LogP contribution is 2.77. The quantitative estimate of drug-likeness (QED) is 0.322. The Morgan fingerprint density at radius 2 is 1.49 bits per heavy atom.